The summed E-state index contributed by atoms with van der Waals surface area (Å²) in [5.74, 6) is 0.332. The summed E-state index contributed by atoms with van der Waals surface area (Å²) < 4.78 is 1.48. The van der Waals surface area contributed by atoms with Crippen molar-refractivity contribution in [3.05, 3.63) is 39.5 Å². The second kappa shape index (κ2) is 5.81. The molecule has 2 rings (SSSR count). The van der Waals surface area contributed by atoms with Gasteiger partial charge in [0.15, 0.2) is 0 Å². The Morgan fingerprint density at radius 1 is 1.53 bits per heavy atom. The van der Waals surface area contributed by atoms with Gasteiger partial charge in [-0.1, -0.05) is 19.9 Å². The van der Waals surface area contributed by atoms with Crippen LogP contribution in [-0.2, 0) is 13.0 Å². The lowest BCUT2D eigenvalue weighted by molar-refractivity contribution is 0.463. The van der Waals surface area contributed by atoms with Crippen molar-refractivity contribution < 1.29 is 0 Å². The van der Waals surface area contributed by atoms with Gasteiger partial charge < -0.3 is 0 Å². The van der Waals surface area contributed by atoms with Crippen molar-refractivity contribution in [1.82, 2.24) is 9.78 Å². The highest BCUT2D eigenvalue weighted by atomic mass is 32.1. The Bertz CT molecular complexity index is 650. The maximum atomic E-state index is 12.2. The summed E-state index contributed by atoms with van der Waals surface area (Å²) in [6.07, 6.45) is 0.123. The number of nitriles is 1. The number of hydrogen-bond acceptors (Lipinski definition) is 4. The third-order valence-corrected chi connectivity index (χ3v) is 3.52. The molecule has 2 aromatic heterocycles. The fourth-order valence-corrected chi connectivity index (χ4v) is 2.50. The van der Waals surface area contributed by atoms with E-state index in [9.17, 15) is 4.79 Å². The van der Waals surface area contributed by atoms with Crippen LogP contribution in [0.25, 0.3) is 10.6 Å². The van der Waals surface area contributed by atoms with Gasteiger partial charge in [-0.25, -0.2) is 4.68 Å². The zero-order valence-electron chi connectivity index (χ0n) is 11.0. The van der Waals surface area contributed by atoms with Crippen molar-refractivity contribution in [2.24, 2.45) is 5.92 Å². The second-order valence-corrected chi connectivity index (χ2v) is 5.70. The summed E-state index contributed by atoms with van der Waals surface area (Å²) in [6, 6.07) is 7.68. The average Bonchev–Trinajstić information content (AvgIpc) is 2.87. The molecule has 0 aromatic carbocycles. The summed E-state index contributed by atoms with van der Waals surface area (Å²) in [6.45, 7) is 4.64. The normalized spacial score (nSPS) is 10.6. The van der Waals surface area contributed by atoms with E-state index in [0.717, 1.165) is 10.6 Å². The van der Waals surface area contributed by atoms with E-state index < -0.39 is 0 Å². The van der Waals surface area contributed by atoms with Crippen LogP contribution >= 0.6 is 11.3 Å². The predicted molar refractivity (Wildman–Crippen MR) is 76.0 cm³/mol. The molecule has 19 heavy (non-hydrogen) atoms. The molecular weight excluding hydrogens is 258 g/mol. The smallest absolute Gasteiger partial charge is 0.267 e. The zero-order valence-corrected chi connectivity index (χ0v) is 11.8. The molecule has 0 fully saturated rings. The van der Waals surface area contributed by atoms with Crippen molar-refractivity contribution in [3.8, 4) is 16.6 Å². The highest BCUT2D eigenvalue weighted by molar-refractivity contribution is 7.13. The Hall–Kier alpha value is -1.93. The van der Waals surface area contributed by atoms with Crippen LogP contribution in [0.15, 0.2) is 28.4 Å². The Balaban J connectivity index is 2.54. The van der Waals surface area contributed by atoms with Crippen molar-refractivity contribution in [1.29, 1.82) is 5.26 Å². The van der Waals surface area contributed by atoms with E-state index in [4.69, 9.17) is 5.26 Å². The summed E-state index contributed by atoms with van der Waals surface area (Å²) in [7, 11) is 0. The zero-order chi connectivity index (χ0) is 13.8. The minimum Gasteiger partial charge on any atom is -0.267 e. The molecule has 0 aliphatic carbocycles. The molecule has 0 unspecified atom stereocenters. The molecule has 2 aromatic rings. The number of rotatable bonds is 4. The second-order valence-electron chi connectivity index (χ2n) is 4.75. The topological polar surface area (TPSA) is 58.7 Å². The van der Waals surface area contributed by atoms with Gasteiger partial charge in [-0.2, -0.15) is 10.4 Å². The first-order valence-electron chi connectivity index (χ1n) is 6.13. The Morgan fingerprint density at radius 3 is 2.89 bits per heavy atom. The van der Waals surface area contributed by atoms with Gasteiger partial charge in [-0.05, 0) is 23.4 Å². The van der Waals surface area contributed by atoms with E-state index in [1.54, 1.807) is 17.4 Å². The Morgan fingerprint density at radius 2 is 2.32 bits per heavy atom. The molecular formula is C14H15N3OS. The molecule has 0 atom stereocenters. The first kappa shape index (κ1) is 13.5. The molecule has 0 bridgehead atoms. The van der Waals surface area contributed by atoms with Gasteiger partial charge in [0.25, 0.3) is 5.56 Å². The molecule has 0 spiro atoms. The van der Waals surface area contributed by atoms with Crippen LogP contribution in [-0.4, -0.2) is 9.78 Å². The van der Waals surface area contributed by atoms with E-state index in [0.29, 0.717) is 18.0 Å². The van der Waals surface area contributed by atoms with E-state index in [2.05, 4.69) is 5.10 Å². The Kier molecular flexibility index (Phi) is 4.13. The first-order valence-corrected chi connectivity index (χ1v) is 7.01. The standard InChI is InChI=1S/C14H15N3OS/c1-10(2)9-17-14(18)11(5-6-15)8-12(16-17)13-4-3-7-19-13/h3-4,7-8,10H,5,9H2,1-2H3. The first-order chi connectivity index (χ1) is 9.11. The fraction of sp³-hybridized carbons (Fsp3) is 0.357. The van der Waals surface area contributed by atoms with Crippen LogP contribution in [0.1, 0.15) is 19.4 Å². The summed E-state index contributed by atoms with van der Waals surface area (Å²) in [4.78, 5) is 13.2. The quantitative estimate of drug-likeness (QED) is 0.860. The molecule has 0 saturated carbocycles. The van der Waals surface area contributed by atoms with Crippen LogP contribution < -0.4 is 5.56 Å². The van der Waals surface area contributed by atoms with Gasteiger partial charge >= 0.3 is 0 Å². The van der Waals surface area contributed by atoms with Crippen LogP contribution in [0.4, 0.5) is 0 Å². The number of aromatic nitrogens is 2. The number of thiophene rings is 1. The van der Waals surface area contributed by atoms with Gasteiger partial charge in [-0.3, -0.25) is 4.79 Å². The molecule has 5 heteroatoms. The van der Waals surface area contributed by atoms with E-state index in [1.165, 1.54) is 4.68 Å². The molecule has 4 nitrogen and oxygen atoms in total. The third kappa shape index (κ3) is 3.09. The minimum absolute atomic E-state index is 0.123. The van der Waals surface area contributed by atoms with Crippen LogP contribution in [0, 0.1) is 17.2 Å². The SMILES string of the molecule is CC(C)Cn1nc(-c2cccs2)cc(CC#N)c1=O. The maximum Gasteiger partial charge on any atom is 0.271 e. The molecule has 0 saturated heterocycles. The molecule has 0 N–H and O–H groups in total. The summed E-state index contributed by atoms with van der Waals surface area (Å²) >= 11 is 1.58. The van der Waals surface area contributed by atoms with Crippen molar-refractivity contribution >= 4 is 11.3 Å². The van der Waals surface area contributed by atoms with Gasteiger partial charge in [0, 0.05) is 12.1 Å². The van der Waals surface area contributed by atoms with Crippen LogP contribution in [0.3, 0.4) is 0 Å². The van der Waals surface area contributed by atoms with Gasteiger partial charge in [0.05, 0.1) is 17.4 Å². The van der Waals surface area contributed by atoms with E-state index in [-0.39, 0.29) is 12.0 Å². The van der Waals surface area contributed by atoms with Crippen LogP contribution in [0.5, 0.6) is 0 Å². The van der Waals surface area contributed by atoms with Gasteiger partial charge in [0.1, 0.15) is 5.69 Å². The lowest BCUT2D eigenvalue weighted by atomic mass is 10.2. The van der Waals surface area contributed by atoms with Crippen molar-refractivity contribution in [2.45, 2.75) is 26.8 Å². The molecule has 0 amide bonds. The number of hydrogen-bond donors (Lipinski definition) is 0. The van der Waals surface area contributed by atoms with Crippen molar-refractivity contribution in [3.63, 3.8) is 0 Å². The lowest BCUT2D eigenvalue weighted by Gasteiger charge is -2.10. The van der Waals surface area contributed by atoms with Gasteiger partial charge in [0.2, 0.25) is 0 Å². The van der Waals surface area contributed by atoms with Crippen molar-refractivity contribution in [2.75, 3.05) is 0 Å². The highest BCUT2D eigenvalue weighted by Crippen LogP contribution is 2.22. The third-order valence-electron chi connectivity index (χ3n) is 2.63. The Labute approximate surface area is 115 Å². The maximum absolute atomic E-state index is 12.2. The number of nitrogens with zero attached hydrogens (tertiary/aromatic N) is 3. The lowest BCUT2D eigenvalue weighted by Crippen LogP contribution is -2.28. The summed E-state index contributed by atoms with van der Waals surface area (Å²) in [5.41, 5.74) is 1.12. The predicted octanol–water partition coefficient (Wildman–Crippen LogP) is 2.69. The van der Waals surface area contributed by atoms with E-state index in [1.807, 2.05) is 37.4 Å². The molecule has 0 aliphatic heterocycles. The monoisotopic (exact) mass is 273 g/mol. The summed E-state index contributed by atoms with van der Waals surface area (Å²) in [5, 5.41) is 15.2. The molecule has 98 valence electrons. The van der Waals surface area contributed by atoms with E-state index >= 15 is 0 Å². The fourth-order valence-electron chi connectivity index (χ4n) is 1.82. The minimum atomic E-state index is -0.157. The average molecular weight is 273 g/mol. The van der Waals surface area contributed by atoms with Gasteiger partial charge in [-0.15, -0.1) is 11.3 Å². The highest BCUT2D eigenvalue weighted by Gasteiger charge is 2.11. The van der Waals surface area contributed by atoms with Crippen LogP contribution in [0.2, 0.25) is 0 Å². The molecule has 2 heterocycles. The largest absolute Gasteiger partial charge is 0.271 e. The molecule has 0 aliphatic rings. The molecule has 0 radical (unpaired) electrons.